The van der Waals surface area contributed by atoms with E-state index in [0.29, 0.717) is 6.61 Å². The van der Waals surface area contributed by atoms with E-state index in [9.17, 15) is 0 Å². The largest absolute Gasteiger partial charge is 0.489 e. The van der Waals surface area contributed by atoms with Gasteiger partial charge < -0.3 is 15.0 Å². The summed E-state index contributed by atoms with van der Waals surface area (Å²) >= 11 is 7.15. The third-order valence-corrected chi connectivity index (χ3v) is 4.41. The number of imidazole rings is 1. The summed E-state index contributed by atoms with van der Waals surface area (Å²) in [5.74, 6) is 0.823. The molecule has 2 aromatic rings. The van der Waals surface area contributed by atoms with Gasteiger partial charge in [0.05, 0.1) is 21.8 Å². The Morgan fingerprint density at radius 3 is 2.62 bits per heavy atom. The highest BCUT2D eigenvalue weighted by molar-refractivity contribution is 9.11. The number of hydrogen-bond acceptors (Lipinski definition) is 3. The monoisotopic (exact) mass is 415 g/mol. The van der Waals surface area contributed by atoms with Crippen LogP contribution in [0, 0.1) is 0 Å². The molecule has 1 aromatic heterocycles. The Kier molecular flexibility index (Phi) is 6.26. The Morgan fingerprint density at radius 1 is 1.33 bits per heavy atom. The Hall–Kier alpha value is -0.850. The SMILES string of the molecule is CCC(N)Cc1cc(Br)c(OCCn2ccnc2)c(Br)c1. The summed E-state index contributed by atoms with van der Waals surface area (Å²) in [6, 6.07) is 4.34. The summed E-state index contributed by atoms with van der Waals surface area (Å²) in [5, 5.41) is 0. The molecule has 0 bridgehead atoms. The zero-order chi connectivity index (χ0) is 15.2. The summed E-state index contributed by atoms with van der Waals surface area (Å²) in [4.78, 5) is 4.01. The lowest BCUT2D eigenvalue weighted by atomic mass is 10.0. The highest BCUT2D eigenvalue weighted by Crippen LogP contribution is 2.35. The standard InChI is InChI=1S/C15H19Br2N3O/c1-2-12(18)7-11-8-13(16)15(14(17)9-11)21-6-5-20-4-3-19-10-20/h3-4,8-10,12H,2,5-7,18H2,1H3. The van der Waals surface area contributed by atoms with E-state index in [2.05, 4.69) is 55.9 Å². The molecule has 1 aromatic carbocycles. The van der Waals surface area contributed by atoms with Gasteiger partial charge in [0.1, 0.15) is 12.4 Å². The topological polar surface area (TPSA) is 53.1 Å². The van der Waals surface area contributed by atoms with Crippen molar-refractivity contribution in [2.24, 2.45) is 5.73 Å². The van der Waals surface area contributed by atoms with Crippen molar-refractivity contribution in [3.63, 3.8) is 0 Å². The molecule has 1 unspecified atom stereocenters. The predicted octanol–water partition coefficient (Wildman–Crippen LogP) is 3.77. The van der Waals surface area contributed by atoms with Crippen molar-refractivity contribution < 1.29 is 4.74 Å². The third kappa shape index (κ3) is 4.83. The maximum atomic E-state index is 6.01. The van der Waals surface area contributed by atoms with Crippen LogP contribution in [0.4, 0.5) is 0 Å². The Balaban J connectivity index is 1.99. The summed E-state index contributed by atoms with van der Waals surface area (Å²) in [6.45, 7) is 3.45. The number of aromatic nitrogens is 2. The molecule has 2 N–H and O–H groups in total. The van der Waals surface area contributed by atoms with E-state index in [1.54, 1.807) is 12.5 Å². The Morgan fingerprint density at radius 2 is 2.05 bits per heavy atom. The number of benzene rings is 1. The fraction of sp³-hybridized carbons (Fsp3) is 0.400. The molecular weight excluding hydrogens is 398 g/mol. The van der Waals surface area contributed by atoms with Crippen LogP contribution in [0.3, 0.4) is 0 Å². The molecule has 0 saturated carbocycles. The first-order valence-electron chi connectivity index (χ1n) is 6.92. The number of nitrogens with zero attached hydrogens (tertiary/aromatic N) is 2. The van der Waals surface area contributed by atoms with E-state index in [1.807, 2.05) is 10.8 Å². The predicted molar refractivity (Wildman–Crippen MR) is 91.5 cm³/mol. The lowest BCUT2D eigenvalue weighted by Gasteiger charge is -2.14. The number of halogens is 2. The lowest BCUT2D eigenvalue weighted by Crippen LogP contribution is -2.21. The van der Waals surface area contributed by atoms with Crippen molar-refractivity contribution in [2.75, 3.05) is 6.61 Å². The molecule has 114 valence electrons. The van der Waals surface area contributed by atoms with E-state index in [1.165, 1.54) is 5.56 Å². The quantitative estimate of drug-likeness (QED) is 0.747. The second-order valence-electron chi connectivity index (χ2n) is 4.91. The van der Waals surface area contributed by atoms with Crippen molar-refractivity contribution in [2.45, 2.75) is 32.4 Å². The van der Waals surface area contributed by atoms with Crippen LogP contribution in [0.5, 0.6) is 5.75 Å². The van der Waals surface area contributed by atoms with Gasteiger partial charge in [0, 0.05) is 18.4 Å². The Bertz CT molecular complexity index is 549. The van der Waals surface area contributed by atoms with Gasteiger partial charge in [-0.05, 0) is 62.4 Å². The van der Waals surface area contributed by atoms with Gasteiger partial charge in [0.15, 0.2) is 0 Å². The molecule has 6 heteroatoms. The van der Waals surface area contributed by atoms with Crippen molar-refractivity contribution in [3.05, 3.63) is 45.4 Å². The average Bonchev–Trinajstić information content (AvgIpc) is 2.95. The minimum Gasteiger partial charge on any atom is -0.489 e. The molecule has 0 aliphatic carbocycles. The normalized spacial score (nSPS) is 12.4. The van der Waals surface area contributed by atoms with Crippen LogP contribution in [0.2, 0.25) is 0 Å². The van der Waals surface area contributed by atoms with E-state index in [-0.39, 0.29) is 6.04 Å². The molecule has 0 aliphatic heterocycles. The smallest absolute Gasteiger partial charge is 0.147 e. The van der Waals surface area contributed by atoms with Gasteiger partial charge in [-0.1, -0.05) is 6.92 Å². The molecule has 0 saturated heterocycles. The van der Waals surface area contributed by atoms with Gasteiger partial charge in [0.2, 0.25) is 0 Å². The fourth-order valence-corrected chi connectivity index (χ4v) is 3.50. The maximum Gasteiger partial charge on any atom is 0.147 e. The van der Waals surface area contributed by atoms with Crippen LogP contribution in [0.15, 0.2) is 39.8 Å². The molecule has 0 radical (unpaired) electrons. The van der Waals surface area contributed by atoms with Crippen molar-refractivity contribution >= 4 is 31.9 Å². The van der Waals surface area contributed by atoms with Crippen LogP contribution in [0.25, 0.3) is 0 Å². The zero-order valence-electron chi connectivity index (χ0n) is 11.9. The second kappa shape index (κ2) is 7.96. The van der Waals surface area contributed by atoms with Gasteiger partial charge in [0.25, 0.3) is 0 Å². The highest BCUT2D eigenvalue weighted by atomic mass is 79.9. The van der Waals surface area contributed by atoms with Gasteiger partial charge in [-0.15, -0.1) is 0 Å². The first kappa shape index (κ1) is 16.5. The molecule has 4 nitrogen and oxygen atoms in total. The van der Waals surface area contributed by atoms with Crippen molar-refractivity contribution in [3.8, 4) is 5.75 Å². The van der Waals surface area contributed by atoms with Crippen LogP contribution < -0.4 is 10.5 Å². The summed E-state index contributed by atoms with van der Waals surface area (Å²) in [5.41, 5.74) is 7.21. The van der Waals surface area contributed by atoms with Crippen LogP contribution in [-0.4, -0.2) is 22.2 Å². The fourth-order valence-electron chi connectivity index (χ4n) is 1.99. The van der Waals surface area contributed by atoms with Crippen molar-refractivity contribution in [1.29, 1.82) is 0 Å². The minimum absolute atomic E-state index is 0.191. The average molecular weight is 417 g/mol. The van der Waals surface area contributed by atoms with Gasteiger partial charge >= 0.3 is 0 Å². The van der Waals surface area contributed by atoms with Gasteiger partial charge in [-0.2, -0.15) is 0 Å². The molecule has 2 rings (SSSR count). The number of rotatable bonds is 7. The first-order chi connectivity index (χ1) is 10.1. The maximum absolute atomic E-state index is 6.01. The number of ether oxygens (including phenoxy) is 1. The van der Waals surface area contributed by atoms with Crippen LogP contribution >= 0.6 is 31.9 Å². The summed E-state index contributed by atoms with van der Waals surface area (Å²) in [7, 11) is 0. The molecular formula is C15H19Br2N3O. The molecule has 1 atom stereocenters. The number of nitrogens with two attached hydrogens (primary N) is 1. The second-order valence-corrected chi connectivity index (χ2v) is 6.62. The van der Waals surface area contributed by atoms with Gasteiger partial charge in [-0.25, -0.2) is 4.98 Å². The van der Waals surface area contributed by atoms with Crippen molar-refractivity contribution in [1.82, 2.24) is 9.55 Å². The van der Waals surface area contributed by atoms with E-state index in [4.69, 9.17) is 10.5 Å². The number of hydrogen-bond donors (Lipinski definition) is 1. The molecule has 0 aliphatic rings. The minimum atomic E-state index is 0.191. The van der Waals surface area contributed by atoms with Gasteiger partial charge in [-0.3, -0.25) is 0 Å². The van der Waals surface area contributed by atoms with E-state index in [0.717, 1.165) is 34.1 Å². The summed E-state index contributed by atoms with van der Waals surface area (Å²) < 4.78 is 9.73. The zero-order valence-corrected chi connectivity index (χ0v) is 15.1. The van der Waals surface area contributed by atoms with E-state index < -0.39 is 0 Å². The third-order valence-electron chi connectivity index (χ3n) is 3.24. The molecule has 0 fully saturated rings. The summed E-state index contributed by atoms with van der Waals surface area (Å²) in [6.07, 6.45) is 7.30. The molecule has 1 heterocycles. The Labute approximate surface area is 142 Å². The highest BCUT2D eigenvalue weighted by Gasteiger charge is 2.11. The molecule has 0 spiro atoms. The van der Waals surface area contributed by atoms with E-state index >= 15 is 0 Å². The molecule has 0 amide bonds. The first-order valence-corrected chi connectivity index (χ1v) is 8.50. The van der Waals surface area contributed by atoms with Crippen LogP contribution in [-0.2, 0) is 13.0 Å². The molecule has 21 heavy (non-hydrogen) atoms. The lowest BCUT2D eigenvalue weighted by molar-refractivity contribution is 0.294. The van der Waals surface area contributed by atoms with Crippen LogP contribution in [0.1, 0.15) is 18.9 Å².